The first-order valence-corrected chi connectivity index (χ1v) is 8.53. The summed E-state index contributed by atoms with van der Waals surface area (Å²) in [7, 11) is 0. The summed E-state index contributed by atoms with van der Waals surface area (Å²) >= 11 is 11.8. The molecule has 0 heterocycles. The van der Waals surface area contributed by atoms with Crippen molar-refractivity contribution < 1.29 is 19.1 Å². The molecule has 6 heteroatoms. The number of ether oxygens (including phenoxy) is 2. The quantitative estimate of drug-likeness (QED) is 0.232. The first kappa shape index (κ1) is 20.5. The van der Waals surface area contributed by atoms with Crippen LogP contribution in [0.2, 0.25) is 0 Å². The Bertz CT molecular complexity index is 290. The van der Waals surface area contributed by atoms with Crippen LogP contribution in [-0.4, -0.2) is 35.9 Å². The number of halogens is 2. The Morgan fingerprint density at radius 3 is 1.71 bits per heavy atom. The van der Waals surface area contributed by atoms with Crippen molar-refractivity contribution in [3.63, 3.8) is 0 Å². The van der Waals surface area contributed by atoms with Crippen LogP contribution in [0.3, 0.4) is 0 Å². The zero-order valence-electron chi connectivity index (χ0n) is 13.0. The van der Waals surface area contributed by atoms with Crippen molar-refractivity contribution in [3.05, 3.63) is 0 Å². The smallest absolute Gasteiger partial charge is 0.338 e. The van der Waals surface area contributed by atoms with Crippen molar-refractivity contribution in [2.75, 3.05) is 19.1 Å². The fourth-order valence-electron chi connectivity index (χ4n) is 1.95. The Hall–Kier alpha value is -0.480. The Morgan fingerprint density at radius 1 is 0.857 bits per heavy atom. The molecule has 0 aromatic rings. The second-order valence-electron chi connectivity index (χ2n) is 4.80. The third kappa shape index (κ3) is 7.91. The number of rotatable bonds is 12. The van der Waals surface area contributed by atoms with Gasteiger partial charge in [-0.1, -0.05) is 43.7 Å². The van der Waals surface area contributed by atoms with Gasteiger partial charge in [0.2, 0.25) is 4.87 Å². The fourth-order valence-corrected chi connectivity index (χ4v) is 2.38. The lowest BCUT2D eigenvalue weighted by atomic mass is 9.99. The summed E-state index contributed by atoms with van der Waals surface area (Å²) in [6.45, 7) is 3.73. The summed E-state index contributed by atoms with van der Waals surface area (Å²) in [4.78, 5) is 22.1. The van der Waals surface area contributed by atoms with Gasteiger partial charge in [0.15, 0.2) is 0 Å². The maximum absolute atomic E-state index is 11.9. The van der Waals surface area contributed by atoms with Gasteiger partial charge in [-0.25, -0.2) is 9.59 Å². The molecule has 0 unspecified atom stereocenters. The molecule has 0 rings (SSSR count). The minimum atomic E-state index is -1.71. The topological polar surface area (TPSA) is 52.6 Å². The van der Waals surface area contributed by atoms with Crippen molar-refractivity contribution in [3.8, 4) is 0 Å². The van der Waals surface area contributed by atoms with E-state index in [4.69, 9.17) is 32.7 Å². The van der Waals surface area contributed by atoms with Gasteiger partial charge < -0.3 is 9.47 Å². The molecule has 0 N–H and O–H groups in total. The lowest BCUT2D eigenvalue weighted by molar-refractivity contribution is -0.159. The Labute approximate surface area is 137 Å². The molecular formula is C15H26Cl2O4. The highest BCUT2D eigenvalue weighted by molar-refractivity contribution is 6.44. The van der Waals surface area contributed by atoms with Crippen LogP contribution < -0.4 is 0 Å². The van der Waals surface area contributed by atoms with E-state index in [9.17, 15) is 9.59 Å². The van der Waals surface area contributed by atoms with Gasteiger partial charge >= 0.3 is 11.9 Å². The monoisotopic (exact) mass is 340 g/mol. The van der Waals surface area contributed by atoms with E-state index < -0.39 is 16.8 Å². The molecule has 0 amide bonds. The molecule has 0 fully saturated rings. The average molecular weight is 341 g/mol. The molecular weight excluding hydrogens is 315 g/mol. The first-order chi connectivity index (χ1) is 10.0. The number of carbonyl (C=O) groups is 2. The van der Waals surface area contributed by atoms with Gasteiger partial charge in [0.05, 0.1) is 13.2 Å². The maximum atomic E-state index is 11.9. The van der Waals surface area contributed by atoms with Crippen LogP contribution in [0.25, 0.3) is 0 Å². The predicted octanol–water partition coefficient (Wildman–Crippen LogP) is 4.06. The molecule has 0 saturated carbocycles. The maximum Gasteiger partial charge on any atom is 0.338 e. The molecule has 0 saturated heterocycles. The number of hydrogen-bond donors (Lipinski definition) is 0. The second kappa shape index (κ2) is 12.1. The Morgan fingerprint density at radius 2 is 1.29 bits per heavy atom. The van der Waals surface area contributed by atoms with Crippen LogP contribution in [0, 0.1) is 0 Å². The first-order valence-electron chi connectivity index (χ1n) is 7.62. The zero-order valence-corrected chi connectivity index (χ0v) is 14.5. The SMILES string of the molecule is CCOC(=O)C(Cl)(CCCCCCCCCl)C(=O)OCC. The normalized spacial score (nSPS) is 11.2. The van der Waals surface area contributed by atoms with Gasteiger partial charge in [-0.05, 0) is 26.7 Å². The zero-order chi connectivity index (χ0) is 16.1. The number of hydrogen-bond acceptors (Lipinski definition) is 4. The summed E-state index contributed by atoms with van der Waals surface area (Å²) in [6, 6.07) is 0. The molecule has 0 spiro atoms. The lowest BCUT2D eigenvalue weighted by Crippen LogP contribution is -2.44. The van der Waals surface area contributed by atoms with Crippen molar-refractivity contribution >= 4 is 35.1 Å². The number of esters is 2. The molecule has 0 radical (unpaired) electrons. The van der Waals surface area contributed by atoms with Crippen LogP contribution in [0.15, 0.2) is 0 Å². The molecule has 0 aliphatic heterocycles. The van der Waals surface area contributed by atoms with Gasteiger partial charge in [0.1, 0.15) is 0 Å². The molecule has 0 aliphatic carbocycles. The average Bonchev–Trinajstić information content (AvgIpc) is 2.46. The van der Waals surface area contributed by atoms with E-state index in [-0.39, 0.29) is 19.6 Å². The van der Waals surface area contributed by atoms with E-state index in [0.29, 0.717) is 12.3 Å². The molecule has 21 heavy (non-hydrogen) atoms. The Kier molecular flexibility index (Phi) is 11.8. The number of alkyl halides is 2. The van der Waals surface area contributed by atoms with E-state index in [1.54, 1.807) is 13.8 Å². The van der Waals surface area contributed by atoms with E-state index in [2.05, 4.69) is 0 Å². The molecule has 0 aromatic carbocycles. The molecule has 0 atom stereocenters. The minimum Gasteiger partial charge on any atom is -0.464 e. The van der Waals surface area contributed by atoms with Crippen LogP contribution in [0.5, 0.6) is 0 Å². The summed E-state index contributed by atoms with van der Waals surface area (Å²) in [5.41, 5.74) is 0. The third-order valence-corrected chi connectivity index (χ3v) is 3.87. The standard InChI is InChI=1S/C15H26Cl2O4/c1-3-20-13(18)15(17,14(19)21-4-2)11-9-7-5-6-8-10-12-16/h3-12H2,1-2H3. The van der Waals surface area contributed by atoms with Crippen molar-refractivity contribution in [1.29, 1.82) is 0 Å². The highest BCUT2D eigenvalue weighted by Crippen LogP contribution is 2.27. The summed E-state index contributed by atoms with van der Waals surface area (Å²) in [5.74, 6) is -0.740. The van der Waals surface area contributed by atoms with Crippen LogP contribution >= 0.6 is 23.2 Å². The van der Waals surface area contributed by atoms with Crippen LogP contribution in [-0.2, 0) is 19.1 Å². The largest absolute Gasteiger partial charge is 0.464 e. The van der Waals surface area contributed by atoms with Gasteiger partial charge in [-0.2, -0.15) is 0 Å². The highest BCUT2D eigenvalue weighted by atomic mass is 35.5. The van der Waals surface area contributed by atoms with Gasteiger partial charge in [0.25, 0.3) is 0 Å². The van der Waals surface area contributed by atoms with Crippen molar-refractivity contribution in [2.45, 2.75) is 63.7 Å². The number of unbranched alkanes of at least 4 members (excludes halogenated alkanes) is 5. The summed E-state index contributed by atoms with van der Waals surface area (Å²) in [6.07, 6.45) is 6.09. The highest BCUT2D eigenvalue weighted by Gasteiger charge is 2.46. The third-order valence-electron chi connectivity index (χ3n) is 3.10. The van der Waals surface area contributed by atoms with Gasteiger partial charge in [-0.3, -0.25) is 0 Å². The van der Waals surface area contributed by atoms with E-state index >= 15 is 0 Å². The number of carbonyl (C=O) groups excluding carboxylic acids is 2. The fraction of sp³-hybridized carbons (Fsp3) is 0.867. The predicted molar refractivity (Wildman–Crippen MR) is 84.9 cm³/mol. The Balaban J connectivity index is 4.29. The molecule has 124 valence electrons. The van der Waals surface area contributed by atoms with Crippen molar-refractivity contribution in [2.24, 2.45) is 0 Å². The lowest BCUT2D eigenvalue weighted by Gasteiger charge is -2.22. The van der Waals surface area contributed by atoms with Crippen molar-refractivity contribution in [1.82, 2.24) is 0 Å². The van der Waals surface area contributed by atoms with Gasteiger partial charge in [0, 0.05) is 5.88 Å². The molecule has 0 bridgehead atoms. The van der Waals surface area contributed by atoms with Crippen LogP contribution in [0.1, 0.15) is 58.8 Å². The van der Waals surface area contributed by atoms with Crippen LogP contribution in [0.4, 0.5) is 0 Å². The van der Waals surface area contributed by atoms with E-state index in [0.717, 1.165) is 32.1 Å². The summed E-state index contributed by atoms with van der Waals surface area (Å²) in [5, 5.41) is 0. The summed E-state index contributed by atoms with van der Waals surface area (Å²) < 4.78 is 9.80. The van der Waals surface area contributed by atoms with E-state index in [1.807, 2.05) is 0 Å². The van der Waals surface area contributed by atoms with Gasteiger partial charge in [-0.15, -0.1) is 11.6 Å². The molecule has 4 nitrogen and oxygen atoms in total. The van der Waals surface area contributed by atoms with E-state index in [1.165, 1.54) is 0 Å². The molecule has 0 aromatic heterocycles. The molecule has 0 aliphatic rings. The second-order valence-corrected chi connectivity index (χ2v) is 5.83. The minimum absolute atomic E-state index is 0.186.